The molecule has 0 spiro atoms. The highest BCUT2D eigenvalue weighted by Gasteiger charge is 2.44. The second kappa shape index (κ2) is 6.19. The van der Waals surface area contributed by atoms with E-state index in [2.05, 4.69) is 5.32 Å². The van der Waals surface area contributed by atoms with Crippen molar-refractivity contribution in [3.05, 3.63) is 58.1 Å². The standard InChI is InChI=1S/C17H15Cl2NO2/c1-22-14-4-2-13(3-5-14)20-17(21)16-9-15(16)10-6-11(18)8-12(19)7-10/h2-8,15-16H,9H2,1H3,(H,20,21)/t15-,16+/m0/s1. The fourth-order valence-electron chi connectivity index (χ4n) is 2.55. The highest BCUT2D eigenvalue weighted by molar-refractivity contribution is 6.34. The molecule has 3 rings (SSSR count). The SMILES string of the molecule is COc1ccc(NC(=O)[C@@H]2C[C@H]2c2cc(Cl)cc(Cl)c2)cc1. The third kappa shape index (κ3) is 3.37. The molecule has 5 heteroatoms. The first kappa shape index (κ1) is 15.2. The zero-order valence-corrected chi connectivity index (χ0v) is 13.5. The van der Waals surface area contributed by atoms with E-state index >= 15 is 0 Å². The maximum atomic E-state index is 12.3. The molecule has 0 bridgehead atoms. The number of rotatable bonds is 4. The number of carbonyl (C=O) groups excluding carboxylic acids is 1. The van der Waals surface area contributed by atoms with Gasteiger partial charge in [0.1, 0.15) is 5.75 Å². The molecule has 0 saturated heterocycles. The number of benzene rings is 2. The summed E-state index contributed by atoms with van der Waals surface area (Å²) in [5, 5.41) is 4.12. The van der Waals surface area contributed by atoms with Crippen molar-refractivity contribution in [2.45, 2.75) is 12.3 Å². The molecule has 1 fully saturated rings. The molecule has 3 nitrogen and oxygen atoms in total. The Balaban J connectivity index is 1.64. The van der Waals surface area contributed by atoms with Crippen LogP contribution in [0.1, 0.15) is 17.9 Å². The Labute approximate surface area is 139 Å². The number of nitrogens with one attached hydrogen (secondary N) is 1. The Hall–Kier alpha value is -1.71. The number of ether oxygens (including phenoxy) is 1. The van der Waals surface area contributed by atoms with Crippen molar-refractivity contribution < 1.29 is 9.53 Å². The molecule has 2 atom stereocenters. The van der Waals surface area contributed by atoms with E-state index in [-0.39, 0.29) is 17.7 Å². The highest BCUT2D eigenvalue weighted by atomic mass is 35.5. The monoisotopic (exact) mass is 335 g/mol. The van der Waals surface area contributed by atoms with Gasteiger partial charge in [-0.2, -0.15) is 0 Å². The zero-order valence-electron chi connectivity index (χ0n) is 12.0. The van der Waals surface area contributed by atoms with Crippen molar-refractivity contribution in [3.8, 4) is 5.75 Å². The Kier molecular flexibility index (Phi) is 4.27. The van der Waals surface area contributed by atoms with Gasteiger partial charge in [-0.3, -0.25) is 4.79 Å². The summed E-state index contributed by atoms with van der Waals surface area (Å²) in [7, 11) is 1.61. The second-order valence-corrected chi connectivity index (χ2v) is 6.24. The topological polar surface area (TPSA) is 38.3 Å². The number of halogens is 2. The lowest BCUT2D eigenvalue weighted by Crippen LogP contribution is -2.14. The van der Waals surface area contributed by atoms with E-state index < -0.39 is 0 Å². The first-order valence-electron chi connectivity index (χ1n) is 6.98. The molecule has 114 valence electrons. The number of anilines is 1. The predicted molar refractivity (Wildman–Crippen MR) is 88.9 cm³/mol. The largest absolute Gasteiger partial charge is 0.497 e. The van der Waals surface area contributed by atoms with Crippen LogP contribution in [0.5, 0.6) is 5.75 Å². The molecule has 0 heterocycles. The molecule has 1 N–H and O–H groups in total. The van der Waals surface area contributed by atoms with Crippen LogP contribution < -0.4 is 10.1 Å². The van der Waals surface area contributed by atoms with E-state index in [0.29, 0.717) is 10.0 Å². The summed E-state index contributed by atoms with van der Waals surface area (Å²) in [6.07, 6.45) is 0.818. The lowest BCUT2D eigenvalue weighted by molar-refractivity contribution is -0.117. The van der Waals surface area contributed by atoms with Gasteiger partial charge in [-0.1, -0.05) is 23.2 Å². The van der Waals surface area contributed by atoms with Gasteiger partial charge < -0.3 is 10.1 Å². The van der Waals surface area contributed by atoms with Gasteiger partial charge in [0.25, 0.3) is 0 Å². The van der Waals surface area contributed by atoms with Crippen LogP contribution in [-0.4, -0.2) is 13.0 Å². The van der Waals surface area contributed by atoms with E-state index in [0.717, 1.165) is 23.4 Å². The Bertz CT molecular complexity index is 680. The predicted octanol–water partition coefficient (Wildman–Crippen LogP) is 4.74. The van der Waals surface area contributed by atoms with Gasteiger partial charge in [-0.15, -0.1) is 0 Å². The lowest BCUT2D eigenvalue weighted by Gasteiger charge is -2.06. The van der Waals surface area contributed by atoms with Gasteiger partial charge in [0, 0.05) is 21.7 Å². The van der Waals surface area contributed by atoms with Crippen molar-refractivity contribution >= 4 is 34.8 Å². The average Bonchev–Trinajstić information content (AvgIpc) is 3.27. The average molecular weight is 336 g/mol. The quantitative estimate of drug-likeness (QED) is 0.875. The van der Waals surface area contributed by atoms with Gasteiger partial charge >= 0.3 is 0 Å². The van der Waals surface area contributed by atoms with Gasteiger partial charge in [0.05, 0.1) is 7.11 Å². The molecular weight excluding hydrogens is 321 g/mol. The molecule has 1 saturated carbocycles. The van der Waals surface area contributed by atoms with Crippen LogP contribution in [0, 0.1) is 5.92 Å². The van der Waals surface area contributed by atoms with E-state index in [4.69, 9.17) is 27.9 Å². The Morgan fingerprint density at radius 1 is 1.14 bits per heavy atom. The Morgan fingerprint density at radius 3 is 2.36 bits per heavy atom. The van der Waals surface area contributed by atoms with Crippen LogP contribution >= 0.6 is 23.2 Å². The van der Waals surface area contributed by atoms with Crippen molar-refractivity contribution in [2.75, 3.05) is 12.4 Å². The lowest BCUT2D eigenvalue weighted by atomic mass is 10.1. The number of methoxy groups -OCH3 is 1. The van der Waals surface area contributed by atoms with Crippen LogP contribution in [0.4, 0.5) is 5.69 Å². The van der Waals surface area contributed by atoms with Crippen LogP contribution in [0.25, 0.3) is 0 Å². The van der Waals surface area contributed by atoms with Crippen LogP contribution in [0.2, 0.25) is 10.0 Å². The summed E-state index contributed by atoms with van der Waals surface area (Å²) >= 11 is 12.0. The fraction of sp³-hybridized carbons (Fsp3) is 0.235. The maximum Gasteiger partial charge on any atom is 0.228 e. The van der Waals surface area contributed by atoms with Crippen molar-refractivity contribution in [2.24, 2.45) is 5.92 Å². The van der Waals surface area contributed by atoms with E-state index in [1.165, 1.54) is 0 Å². The Morgan fingerprint density at radius 2 is 1.77 bits per heavy atom. The molecular formula is C17H15Cl2NO2. The molecule has 0 aliphatic heterocycles. The number of hydrogen-bond acceptors (Lipinski definition) is 2. The number of amides is 1. The molecule has 1 aliphatic rings. The zero-order chi connectivity index (χ0) is 15.7. The molecule has 0 radical (unpaired) electrons. The van der Waals surface area contributed by atoms with Crippen molar-refractivity contribution in [1.29, 1.82) is 0 Å². The first-order chi connectivity index (χ1) is 10.6. The minimum absolute atomic E-state index is 0.0197. The highest BCUT2D eigenvalue weighted by Crippen LogP contribution is 2.49. The van der Waals surface area contributed by atoms with Crippen molar-refractivity contribution in [1.82, 2.24) is 0 Å². The summed E-state index contributed by atoms with van der Waals surface area (Å²) in [6, 6.07) is 12.7. The smallest absolute Gasteiger partial charge is 0.228 e. The molecule has 0 unspecified atom stereocenters. The second-order valence-electron chi connectivity index (χ2n) is 5.37. The third-order valence-corrected chi connectivity index (χ3v) is 4.23. The summed E-state index contributed by atoms with van der Waals surface area (Å²) in [4.78, 5) is 12.3. The van der Waals surface area contributed by atoms with E-state index in [9.17, 15) is 4.79 Å². The molecule has 1 amide bonds. The first-order valence-corrected chi connectivity index (χ1v) is 7.73. The van der Waals surface area contributed by atoms with Crippen LogP contribution in [0.15, 0.2) is 42.5 Å². The van der Waals surface area contributed by atoms with Gasteiger partial charge in [0.2, 0.25) is 5.91 Å². The van der Waals surface area contributed by atoms with E-state index in [1.807, 2.05) is 36.4 Å². The van der Waals surface area contributed by atoms with Crippen molar-refractivity contribution in [3.63, 3.8) is 0 Å². The molecule has 22 heavy (non-hydrogen) atoms. The summed E-state index contributed by atoms with van der Waals surface area (Å²) in [5.74, 6) is 0.938. The van der Waals surface area contributed by atoms with Gasteiger partial charge in [-0.25, -0.2) is 0 Å². The normalized spacial score (nSPS) is 19.6. The molecule has 2 aromatic rings. The molecule has 0 aromatic heterocycles. The number of hydrogen-bond donors (Lipinski definition) is 1. The molecule has 2 aromatic carbocycles. The van der Waals surface area contributed by atoms with Crippen LogP contribution in [-0.2, 0) is 4.79 Å². The molecule has 1 aliphatic carbocycles. The summed E-state index contributed by atoms with van der Waals surface area (Å²) < 4.78 is 5.09. The third-order valence-electron chi connectivity index (χ3n) is 3.80. The summed E-state index contributed by atoms with van der Waals surface area (Å²) in [5.41, 5.74) is 1.79. The minimum atomic E-state index is -0.0309. The van der Waals surface area contributed by atoms with Gasteiger partial charge in [0.15, 0.2) is 0 Å². The number of carbonyl (C=O) groups is 1. The minimum Gasteiger partial charge on any atom is -0.497 e. The summed E-state index contributed by atoms with van der Waals surface area (Å²) in [6.45, 7) is 0. The van der Waals surface area contributed by atoms with Crippen LogP contribution in [0.3, 0.4) is 0 Å². The van der Waals surface area contributed by atoms with E-state index in [1.54, 1.807) is 13.2 Å². The maximum absolute atomic E-state index is 12.3. The fourth-order valence-corrected chi connectivity index (χ4v) is 3.09. The van der Waals surface area contributed by atoms with Gasteiger partial charge in [-0.05, 0) is 60.4 Å².